The molecule has 0 radical (unpaired) electrons. The quantitative estimate of drug-likeness (QED) is 0.783. The summed E-state index contributed by atoms with van der Waals surface area (Å²) >= 11 is 0. The van der Waals surface area contributed by atoms with Crippen molar-refractivity contribution in [3.05, 3.63) is 24.6 Å². The average Bonchev–Trinajstić information content (AvgIpc) is 2.77. The fourth-order valence-electron chi connectivity index (χ4n) is 1.90. The van der Waals surface area contributed by atoms with Crippen LogP contribution in [-0.2, 0) is 9.31 Å². The van der Waals surface area contributed by atoms with Gasteiger partial charge in [0.2, 0.25) is 0 Å². The summed E-state index contributed by atoms with van der Waals surface area (Å²) in [6, 6.07) is -0.0795. The molecule has 3 heterocycles. The Bertz CT molecular complexity index is 759. The zero-order valence-corrected chi connectivity index (χ0v) is 10.8. The number of hydrogen-bond acceptors (Lipinski definition) is 3. The molecule has 0 aromatic carbocycles. The summed E-state index contributed by atoms with van der Waals surface area (Å²) in [4.78, 5) is 6.53. The van der Waals surface area contributed by atoms with Crippen molar-refractivity contribution >= 4 is 23.5 Å². The molecule has 1 fully saturated rings. The molecule has 3 rings (SSSR count). The summed E-state index contributed by atoms with van der Waals surface area (Å²) in [6.07, 6.45) is -0.440. The van der Waals surface area contributed by atoms with Crippen LogP contribution in [0.1, 0.15) is 33.2 Å². The highest BCUT2D eigenvalue weighted by atomic mass is 16.7. The van der Waals surface area contributed by atoms with E-state index in [0.717, 1.165) is 0 Å². The van der Waals surface area contributed by atoms with E-state index >= 15 is 0 Å². The normalized spacial score (nSPS) is 24.8. The first-order valence-corrected chi connectivity index (χ1v) is 5.87. The molecule has 1 aliphatic rings. The first kappa shape index (κ1) is 7.97. The molecule has 0 aliphatic carbocycles. The molecule has 18 heavy (non-hydrogen) atoms. The lowest BCUT2D eigenvalue weighted by atomic mass is 9.78. The molecule has 1 saturated heterocycles. The van der Waals surface area contributed by atoms with Gasteiger partial charge in [0.25, 0.3) is 0 Å². The van der Waals surface area contributed by atoms with E-state index in [1.54, 1.807) is 0 Å². The average molecular weight is 248 g/mol. The van der Waals surface area contributed by atoms with E-state index in [1.807, 2.05) is 27.7 Å². The van der Waals surface area contributed by atoms with Crippen LogP contribution in [0.3, 0.4) is 0 Å². The van der Waals surface area contributed by atoms with Crippen LogP contribution >= 0.6 is 0 Å². The zero-order valence-electron chi connectivity index (χ0n) is 14.8. The first-order chi connectivity index (χ1) is 10.0. The molecule has 0 saturated carbocycles. The fourth-order valence-corrected chi connectivity index (χ4v) is 1.90. The van der Waals surface area contributed by atoms with Gasteiger partial charge in [-0.25, -0.2) is 0 Å². The molecule has 0 amide bonds. The smallest absolute Gasteiger partial charge is 0.399 e. The Morgan fingerprint density at radius 1 is 1.22 bits per heavy atom. The molecule has 0 unspecified atom stereocenters. The van der Waals surface area contributed by atoms with Crippen molar-refractivity contribution in [1.29, 1.82) is 0 Å². The van der Waals surface area contributed by atoms with Crippen LogP contribution in [0.4, 0.5) is 0 Å². The van der Waals surface area contributed by atoms with Crippen molar-refractivity contribution in [3.8, 4) is 0 Å². The van der Waals surface area contributed by atoms with E-state index < -0.39 is 18.3 Å². The van der Waals surface area contributed by atoms with Crippen LogP contribution in [0.2, 0.25) is 0 Å². The van der Waals surface area contributed by atoms with Gasteiger partial charge >= 0.3 is 7.12 Å². The maximum atomic E-state index is 8.07. The summed E-state index contributed by atoms with van der Waals surface area (Å²) in [5, 5.41) is 0.300. The molecular weight excluding hydrogens is 227 g/mol. The molecule has 5 heteroatoms. The topological polar surface area (TPSA) is 47.1 Å². The minimum Gasteiger partial charge on any atom is -0.399 e. The third kappa shape index (κ3) is 1.58. The SMILES string of the molecule is [2H]c1nc([2H])c2[nH]c([2H])c([2H])c2c1B1OC(C)(C)C(C)(C)O1. The number of aromatic amines is 1. The Morgan fingerprint density at radius 3 is 2.56 bits per heavy atom. The molecule has 94 valence electrons. The lowest BCUT2D eigenvalue weighted by Gasteiger charge is -2.32. The third-order valence-corrected chi connectivity index (χ3v) is 3.73. The minimum absolute atomic E-state index is 0.0795. The van der Waals surface area contributed by atoms with E-state index in [4.69, 9.17) is 14.8 Å². The predicted octanol–water partition coefficient (Wildman–Crippen LogP) is 1.86. The Kier molecular flexibility index (Phi) is 1.59. The van der Waals surface area contributed by atoms with E-state index in [0.29, 0.717) is 10.8 Å². The number of aromatic nitrogens is 2. The van der Waals surface area contributed by atoms with Crippen LogP contribution in [-0.4, -0.2) is 28.3 Å². The second kappa shape index (κ2) is 3.59. The Hall–Kier alpha value is -1.33. The van der Waals surface area contributed by atoms with Gasteiger partial charge in [0.15, 0.2) is 0 Å². The molecular formula is C13H17BN2O2. The number of fused-ring (bicyclic) bond motifs is 1. The van der Waals surface area contributed by atoms with Gasteiger partial charge in [-0.15, -0.1) is 0 Å². The Morgan fingerprint density at radius 2 is 1.89 bits per heavy atom. The van der Waals surface area contributed by atoms with Crippen molar-refractivity contribution in [3.63, 3.8) is 0 Å². The molecule has 0 atom stereocenters. The summed E-state index contributed by atoms with van der Waals surface area (Å²) in [7, 11) is -0.854. The van der Waals surface area contributed by atoms with Gasteiger partial charge < -0.3 is 14.3 Å². The molecule has 0 bridgehead atoms. The second-order valence-electron chi connectivity index (χ2n) is 5.46. The van der Waals surface area contributed by atoms with Crippen molar-refractivity contribution in [2.75, 3.05) is 0 Å². The van der Waals surface area contributed by atoms with Crippen LogP contribution in [0.5, 0.6) is 0 Å². The maximum absolute atomic E-state index is 8.07. The summed E-state index contributed by atoms with van der Waals surface area (Å²) in [5.74, 6) is 0. The minimum atomic E-state index is -0.854. The van der Waals surface area contributed by atoms with E-state index in [9.17, 15) is 0 Å². The highest BCUT2D eigenvalue weighted by molar-refractivity contribution is 6.65. The largest absolute Gasteiger partial charge is 0.497 e. The number of rotatable bonds is 1. The van der Waals surface area contributed by atoms with Gasteiger partial charge in [0, 0.05) is 23.2 Å². The second-order valence-corrected chi connectivity index (χ2v) is 5.46. The number of nitrogens with one attached hydrogen (secondary N) is 1. The zero-order chi connectivity index (χ0) is 16.4. The third-order valence-electron chi connectivity index (χ3n) is 3.73. The van der Waals surface area contributed by atoms with E-state index in [2.05, 4.69) is 9.97 Å². The van der Waals surface area contributed by atoms with Crippen molar-refractivity contribution in [2.45, 2.75) is 38.9 Å². The van der Waals surface area contributed by atoms with Gasteiger partial charge in [-0.05, 0) is 33.7 Å². The number of pyridine rings is 1. The molecule has 2 aromatic heterocycles. The van der Waals surface area contributed by atoms with Crippen LogP contribution in [0, 0.1) is 0 Å². The summed E-state index contributed by atoms with van der Waals surface area (Å²) in [5.41, 5.74) is -0.614. The number of nitrogens with zero attached hydrogens (tertiary/aromatic N) is 1. The predicted molar refractivity (Wildman–Crippen MR) is 71.8 cm³/mol. The van der Waals surface area contributed by atoms with E-state index in [1.165, 1.54) is 0 Å². The van der Waals surface area contributed by atoms with Gasteiger partial charge in [0.1, 0.15) is 0 Å². The summed E-state index contributed by atoms with van der Waals surface area (Å²) in [6.45, 7) is 7.59. The van der Waals surface area contributed by atoms with Gasteiger partial charge in [-0.2, -0.15) is 0 Å². The summed E-state index contributed by atoms with van der Waals surface area (Å²) < 4.78 is 43.6. The molecule has 4 nitrogen and oxygen atoms in total. The van der Waals surface area contributed by atoms with E-state index in [-0.39, 0.29) is 30.1 Å². The van der Waals surface area contributed by atoms with Crippen molar-refractivity contribution < 1.29 is 14.8 Å². The lowest BCUT2D eigenvalue weighted by molar-refractivity contribution is 0.00578. The monoisotopic (exact) mass is 248 g/mol. The Labute approximate surface area is 112 Å². The van der Waals surface area contributed by atoms with Crippen molar-refractivity contribution in [1.82, 2.24) is 9.97 Å². The number of hydrogen-bond donors (Lipinski definition) is 1. The Balaban J connectivity index is 2.24. The van der Waals surface area contributed by atoms with Crippen LogP contribution < -0.4 is 5.46 Å². The maximum Gasteiger partial charge on any atom is 0.497 e. The molecule has 0 spiro atoms. The van der Waals surface area contributed by atoms with Gasteiger partial charge in [0.05, 0.1) is 28.4 Å². The number of H-pyrrole nitrogens is 1. The van der Waals surface area contributed by atoms with Crippen molar-refractivity contribution in [2.24, 2.45) is 0 Å². The van der Waals surface area contributed by atoms with Gasteiger partial charge in [-0.1, -0.05) is 0 Å². The molecule has 2 aromatic rings. The fraction of sp³-hybridized carbons (Fsp3) is 0.462. The van der Waals surface area contributed by atoms with Gasteiger partial charge in [-0.3, -0.25) is 4.98 Å². The standard InChI is InChI=1S/C13H17BN2O2/c1-12(2)13(3,4)18-14(17-12)10-7-15-8-11-9(10)5-6-16-11/h5-8,16H,1-4H3/i5D,6D,7D,8D. The molecule has 1 aliphatic heterocycles. The van der Waals surface area contributed by atoms with Crippen LogP contribution in [0.15, 0.2) is 24.6 Å². The van der Waals surface area contributed by atoms with Crippen LogP contribution in [0.25, 0.3) is 10.9 Å². The molecule has 1 N–H and O–H groups in total. The highest BCUT2D eigenvalue weighted by Crippen LogP contribution is 2.36. The lowest BCUT2D eigenvalue weighted by Crippen LogP contribution is -2.41. The highest BCUT2D eigenvalue weighted by Gasteiger charge is 2.52. The first-order valence-electron chi connectivity index (χ1n) is 7.87.